The molecule has 2 rings (SSSR count). The largest absolute Gasteiger partial charge is 0.364 e. The topological polar surface area (TPSA) is 15.3 Å². The first kappa shape index (κ1) is 10.7. The monoisotopic (exact) mass is 228 g/mol. The summed E-state index contributed by atoms with van der Waals surface area (Å²) in [5.41, 5.74) is 0.647. The summed E-state index contributed by atoms with van der Waals surface area (Å²) in [6.07, 6.45) is 0. The van der Waals surface area contributed by atoms with Crippen LogP contribution in [0.4, 0.5) is 10.1 Å². The third-order valence-electron chi connectivity index (χ3n) is 2.72. The fourth-order valence-electron chi connectivity index (χ4n) is 1.91. The Labute approximate surface area is 94.0 Å². The number of piperazine rings is 1. The summed E-state index contributed by atoms with van der Waals surface area (Å²) in [6, 6.07) is 5.16. The van der Waals surface area contributed by atoms with Gasteiger partial charge in [0.25, 0.3) is 0 Å². The highest BCUT2D eigenvalue weighted by Gasteiger charge is 2.20. The third kappa shape index (κ3) is 2.24. The molecular weight excluding hydrogens is 215 g/mol. The van der Waals surface area contributed by atoms with Crippen molar-refractivity contribution in [3.05, 3.63) is 29.0 Å². The van der Waals surface area contributed by atoms with Gasteiger partial charge >= 0.3 is 0 Å². The first-order chi connectivity index (χ1) is 7.18. The van der Waals surface area contributed by atoms with Gasteiger partial charge in [-0.3, -0.25) is 0 Å². The second-order valence-electron chi connectivity index (χ2n) is 3.84. The Bertz CT molecular complexity index is 356. The zero-order chi connectivity index (χ0) is 10.8. The van der Waals surface area contributed by atoms with E-state index in [1.165, 1.54) is 6.07 Å². The van der Waals surface area contributed by atoms with Crippen molar-refractivity contribution in [2.45, 2.75) is 13.0 Å². The lowest BCUT2D eigenvalue weighted by Crippen LogP contribution is -2.50. The van der Waals surface area contributed by atoms with E-state index in [2.05, 4.69) is 17.1 Å². The van der Waals surface area contributed by atoms with E-state index in [0.29, 0.717) is 16.8 Å². The number of hydrogen-bond acceptors (Lipinski definition) is 2. The zero-order valence-electron chi connectivity index (χ0n) is 8.63. The van der Waals surface area contributed by atoms with Crippen molar-refractivity contribution in [3.63, 3.8) is 0 Å². The normalized spacial score (nSPS) is 21.8. The molecule has 2 nitrogen and oxygen atoms in total. The van der Waals surface area contributed by atoms with Gasteiger partial charge in [0.2, 0.25) is 0 Å². The molecule has 0 aromatic heterocycles. The highest BCUT2D eigenvalue weighted by Crippen LogP contribution is 2.24. The Hall–Kier alpha value is -0.800. The molecule has 0 amide bonds. The van der Waals surface area contributed by atoms with Crippen LogP contribution in [0, 0.1) is 5.82 Å². The lowest BCUT2D eigenvalue weighted by atomic mass is 10.1. The fraction of sp³-hybridized carbons (Fsp3) is 0.455. The molecule has 1 N–H and O–H groups in total. The molecular formula is C11H14ClFN2. The van der Waals surface area contributed by atoms with E-state index in [-0.39, 0.29) is 5.82 Å². The minimum absolute atomic E-state index is 0.240. The van der Waals surface area contributed by atoms with Crippen molar-refractivity contribution < 1.29 is 4.39 Å². The van der Waals surface area contributed by atoms with E-state index >= 15 is 0 Å². The molecule has 0 spiro atoms. The van der Waals surface area contributed by atoms with Gasteiger partial charge in [-0.25, -0.2) is 4.39 Å². The van der Waals surface area contributed by atoms with Crippen molar-refractivity contribution in [2.75, 3.05) is 24.5 Å². The Morgan fingerprint density at radius 1 is 1.53 bits per heavy atom. The fourth-order valence-corrected chi connectivity index (χ4v) is 2.07. The summed E-state index contributed by atoms with van der Waals surface area (Å²) >= 11 is 5.72. The van der Waals surface area contributed by atoms with Crippen LogP contribution >= 0.6 is 11.6 Å². The summed E-state index contributed by atoms with van der Waals surface area (Å²) in [5, 5.41) is 3.72. The van der Waals surface area contributed by atoms with E-state index in [0.717, 1.165) is 19.6 Å². The molecule has 1 fully saturated rings. The van der Waals surface area contributed by atoms with E-state index in [9.17, 15) is 4.39 Å². The van der Waals surface area contributed by atoms with Crippen molar-refractivity contribution in [2.24, 2.45) is 0 Å². The summed E-state index contributed by atoms with van der Waals surface area (Å²) in [5.74, 6) is -0.240. The van der Waals surface area contributed by atoms with Gasteiger partial charge in [-0.1, -0.05) is 11.6 Å². The molecule has 1 aliphatic rings. The molecule has 1 aromatic carbocycles. The molecule has 0 aliphatic carbocycles. The van der Waals surface area contributed by atoms with Gasteiger partial charge in [0, 0.05) is 30.7 Å². The van der Waals surface area contributed by atoms with Crippen molar-refractivity contribution in [1.82, 2.24) is 5.32 Å². The summed E-state index contributed by atoms with van der Waals surface area (Å²) in [7, 11) is 0. The average Bonchev–Trinajstić information content (AvgIpc) is 2.20. The van der Waals surface area contributed by atoms with Gasteiger partial charge in [-0.05, 0) is 25.1 Å². The van der Waals surface area contributed by atoms with Crippen LogP contribution < -0.4 is 10.2 Å². The van der Waals surface area contributed by atoms with Crippen LogP contribution in [0.1, 0.15) is 6.92 Å². The average molecular weight is 229 g/mol. The van der Waals surface area contributed by atoms with Crippen molar-refractivity contribution >= 4 is 17.3 Å². The zero-order valence-corrected chi connectivity index (χ0v) is 9.39. The number of anilines is 1. The van der Waals surface area contributed by atoms with E-state index in [4.69, 9.17) is 11.6 Å². The molecule has 1 atom stereocenters. The molecule has 1 saturated heterocycles. The second-order valence-corrected chi connectivity index (χ2v) is 4.28. The smallest absolute Gasteiger partial charge is 0.147 e. The Morgan fingerprint density at radius 2 is 2.33 bits per heavy atom. The van der Waals surface area contributed by atoms with Gasteiger partial charge in [0.05, 0.1) is 5.69 Å². The molecule has 0 radical (unpaired) electrons. The van der Waals surface area contributed by atoms with Gasteiger partial charge in [0.15, 0.2) is 0 Å². The predicted octanol–water partition coefficient (Wildman–Crippen LogP) is 2.28. The number of halogens is 2. The maximum atomic E-state index is 13.7. The number of nitrogens with one attached hydrogen (secondary N) is 1. The molecule has 4 heteroatoms. The Kier molecular flexibility index (Phi) is 3.12. The molecule has 1 aromatic rings. The first-order valence-electron chi connectivity index (χ1n) is 5.11. The number of benzene rings is 1. The maximum Gasteiger partial charge on any atom is 0.147 e. The standard InChI is InChI=1S/C11H14ClFN2/c1-8-7-14-4-5-15(8)11-3-2-9(12)6-10(11)13/h2-3,6,8,14H,4-5,7H2,1H3. The molecule has 15 heavy (non-hydrogen) atoms. The number of rotatable bonds is 1. The number of hydrogen-bond donors (Lipinski definition) is 1. The maximum absolute atomic E-state index is 13.7. The SMILES string of the molecule is CC1CNCCN1c1ccc(Cl)cc1F. The Balaban J connectivity index is 2.27. The van der Waals surface area contributed by atoms with Crippen molar-refractivity contribution in [3.8, 4) is 0 Å². The minimum Gasteiger partial charge on any atom is -0.364 e. The molecule has 1 unspecified atom stereocenters. The van der Waals surface area contributed by atoms with Gasteiger partial charge < -0.3 is 10.2 Å². The summed E-state index contributed by atoms with van der Waals surface area (Å²) in [4.78, 5) is 2.07. The number of nitrogens with zero attached hydrogens (tertiary/aromatic N) is 1. The minimum atomic E-state index is -0.240. The van der Waals surface area contributed by atoms with Gasteiger partial charge in [-0.15, -0.1) is 0 Å². The second kappa shape index (κ2) is 4.37. The van der Waals surface area contributed by atoms with Crippen LogP contribution in [0.2, 0.25) is 5.02 Å². The van der Waals surface area contributed by atoms with Crippen molar-refractivity contribution in [1.29, 1.82) is 0 Å². The highest BCUT2D eigenvalue weighted by molar-refractivity contribution is 6.30. The van der Waals surface area contributed by atoms with Crippen LogP contribution in [0.5, 0.6) is 0 Å². The quantitative estimate of drug-likeness (QED) is 0.794. The van der Waals surface area contributed by atoms with Crippen LogP contribution in [0.15, 0.2) is 18.2 Å². The third-order valence-corrected chi connectivity index (χ3v) is 2.96. The molecule has 1 aliphatic heterocycles. The van der Waals surface area contributed by atoms with Crippen LogP contribution in [0.25, 0.3) is 0 Å². The molecule has 0 bridgehead atoms. The van der Waals surface area contributed by atoms with Gasteiger partial charge in [0.1, 0.15) is 5.82 Å². The lowest BCUT2D eigenvalue weighted by Gasteiger charge is -2.36. The van der Waals surface area contributed by atoms with E-state index in [1.807, 2.05) is 0 Å². The van der Waals surface area contributed by atoms with Gasteiger partial charge in [-0.2, -0.15) is 0 Å². The first-order valence-corrected chi connectivity index (χ1v) is 5.48. The lowest BCUT2D eigenvalue weighted by molar-refractivity contribution is 0.491. The molecule has 82 valence electrons. The van der Waals surface area contributed by atoms with Crippen LogP contribution in [-0.2, 0) is 0 Å². The highest BCUT2D eigenvalue weighted by atomic mass is 35.5. The van der Waals surface area contributed by atoms with E-state index in [1.54, 1.807) is 12.1 Å². The van der Waals surface area contributed by atoms with Crippen LogP contribution in [0.3, 0.4) is 0 Å². The summed E-state index contributed by atoms with van der Waals surface area (Å²) < 4.78 is 13.7. The van der Waals surface area contributed by atoms with E-state index < -0.39 is 0 Å². The predicted molar refractivity (Wildman–Crippen MR) is 61.1 cm³/mol. The molecule has 0 saturated carbocycles. The van der Waals surface area contributed by atoms with Crippen LogP contribution in [-0.4, -0.2) is 25.7 Å². The Morgan fingerprint density at radius 3 is 3.00 bits per heavy atom. The molecule has 1 heterocycles. The summed E-state index contributed by atoms with van der Waals surface area (Å²) in [6.45, 7) is 4.70.